The maximum atomic E-state index is 16.3. The van der Waals surface area contributed by atoms with Gasteiger partial charge < -0.3 is 48.9 Å². The Morgan fingerprint density at radius 3 is 2.12 bits per heavy atom. The second kappa shape index (κ2) is 15.7. The summed E-state index contributed by atoms with van der Waals surface area (Å²) >= 11 is 0. The average Bonchev–Trinajstić information content (AvgIpc) is 2.88. The molecule has 1 aliphatic heterocycles. The highest BCUT2D eigenvalue weighted by atomic mass is 19.1. The van der Waals surface area contributed by atoms with Crippen LogP contribution in [0.4, 0.5) is 4.39 Å². The molecular formula is C25H48BFN8O6. The molecule has 41 heavy (non-hydrogen) atoms. The fourth-order valence-electron chi connectivity index (χ4n) is 5.87. The first-order valence-electron chi connectivity index (χ1n) is 14.0. The minimum atomic E-state index is -3.14. The van der Waals surface area contributed by atoms with Crippen LogP contribution < -0.4 is 34.0 Å². The van der Waals surface area contributed by atoms with Crippen LogP contribution in [0.25, 0.3) is 0 Å². The molecule has 1 heterocycles. The molecule has 0 aliphatic carbocycles. The Hall–Kier alpha value is -2.50. The van der Waals surface area contributed by atoms with Gasteiger partial charge in [-0.1, -0.05) is 20.3 Å². The van der Waals surface area contributed by atoms with E-state index in [1.54, 1.807) is 13.8 Å². The third-order valence-electron chi connectivity index (χ3n) is 7.75. The van der Waals surface area contributed by atoms with Crippen LogP contribution >= 0.6 is 0 Å². The lowest BCUT2D eigenvalue weighted by atomic mass is 9.41. The number of unbranched alkanes of at least 4 members (excludes halogenated alkanes) is 1. The molecule has 0 aromatic rings. The second-order valence-electron chi connectivity index (χ2n) is 11.2. The summed E-state index contributed by atoms with van der Waals surface area (Å²) in [7, 11) is -2.90. The summed E-state index contributed by atoms with van der Waals surface area (Å²) < 4.78 is 16.3. The van der Waals surface area contributed by atoms with E-state index < -0.39 is 78.5 Å². The van der Waals surface area contributed by atoms with Gasteiger partial charge in [0.25, 0.3) is 0 Å². The van der Waals surface area contributed by atoms with Crippen molar-refractivity contribution in [3.8, 4) is 0 Å². The molecule has 1 fully saturated rings. The van der Waals surface area contributed by atoms with E-state index in [2.05, 4.69) is 5.32 Å². The first kappa shape index (κ1) is 36.5. The van der Waals surface area contributed by atoms with Gasteiger partial charge in [0.1, 0.15) is 17.4 Å². The number of piperidine rings is 1. The lowest BCUT2D eigenvalue weighted by Gasteiger charge is -2.58. The van der Waals surface area contributed by atoms with Crippen LogP contribution in [0.2, 0.25) is 0 Å². The molecular weight excluding hydrogens is 538 g/mol. The van der Waals surface area contributed by atoms with Crippen LogP contribution in [-0.4, -0.2) is 101 Å². The number of guanidine groups is 1. The first-order chi connectivity index (χ1) is 19.0. The molecule has 0 bridgehead atoms. The van der Waals surface area contributed by atoms with Gasteiger partial charge in [0.2, 0.25) is 5.91 Å². The average molecular weight is 587 g/mol. The number of halogens is 1. The monoisotopic (exact) mass is 586 g/mol. The number of likely N-dealkylation sites (tertiary alicyclic amines) is 1. The Kier molecular flexibility index (Phi) is 13.9. The largest absolute Gasteiger partial charge is 0.488 e. The van der Waals surface area contributed by atoms with Gasteiger partial charge >= 0.3 is 7.12 Å². The summed E-state index contributed by atoms with van der Waals surface area (Å²) in [6, 6.07) is -4.35. The molecule has 0 aromatic heterocycles. The molecule has 1 aliphatic rings. The molecule has 0 saturated carbocycles. The van der Waals surface area contributed by atoms with Crippen molar-refractivity contribution in [3.05, 3.63) is 0 Å². The van der Waals surface area contributed by atoms with E-state index in [-0.39, 0.29) is 50.7 Å². The minimum absolute atomic E-state index is 0.0157. The van der Waals surface area contributed by atoms with E-state index in [0.717, 1.165) is 6.92 Å². The number of amides is 1. The van der Waals surface area contributed by atoms with E-state index in [0.29, 0.717) is 17.7 Å². The number of nitrogens with one attached hydrogen (secondary N) is 2. The summed E-state index contributed by atoms with van der Waals surface area (Å²) in [6.07, 6.45) is -2.00. The molecule has 234 valence electrons. The number of carbonyl (C=O) groups excluding carboxylic acids is 4. The topological polar surface area (TPSA) is 278 Å². The molecule has 14 N–H and O–H groups in total. The predicted molar refractivity (Wildman–Crippen MR) is 153 cm³/mol. The van der Waals surface area contributed by atoms with Crippen molar-refractivity contribution in [2.45, 2.75) is 95.5 Å². The van der Waals surface area contributed by atoms with Crippen LogP contribution in [0, 0.1) is 16.7 Å². The maximum absolute atomic E-state index is 16.3. The van der Waals surface area contributed by atoms with Crippen molar-refractivity contribution in [1.82, 2.24) is 10.2 Å². The third kappa shape index (κ3) is 7.48. The summed E-state index contributed by atoms with van der Waals surface area (Å²) in [5, 5.41) is 31.7. The van der Waals surface area contributed by atoms with Crippen molar-refractivity contribution in [2.75, 3.05) is 19.6 Å². The lowest BCUT2D eigenvalue weighted by Crippen LogP contribution is -2.85. The number of ketones is 3. The molecule has 1 amide bonds. The Morgan fingerprint density at radius 1 is 1.05 bits per heavy atom. The number of nitrogens with two attached hydrogens (primary N) is 5. The summed E-state index contributed by atoms with van der Waals surface area (Å²) in [4.78, 5) is 56.4. The van der Waals surface area contributed by atoms with Gasteiger partial charge in [-0.25, -0.2) is 4.39 Å². The van der Waals surface area contributed by atoms with Crippen molar-refractivity contribution in [3.63, 3.8) is 0 Å². The standard InChI is InChI=1S/C25H48BFN8O6/c1-14(2)13-18(31)21(38)25(26(40)41)24(15(3)36,20(37)16(29)7-4-5-10-28)19(27)9-12-35(25)22(39)17(30)8-6-11-34-23(32)33/h14,16-19,40-41H,4-13,28-31H2,1-3H3,(H4,32,33,34). The number of nitrogens with zero attached hydrogens (tertiary/aromatic N) is 1. The predicted octanol–water partition coefficient (Wildman–Crippen LogP) is -2.56. The van der Waals surface area contributed by atoms with Gasteiger partial charge in [-0.15, -0.1) is 0 Å². The van der Waals surface area contributed by atoms with E-state index in [1.807, 2.05) is 0 Å². The van der Waals surface area contributed by atoms with Gasteiger partial charge in [-0.2, -0.15) is 0 Å². The smallest absolute Gasteiger partial charge is 0.425 e. The van der Waals surface area contributed by atoms with Gasteiger partial charge in [-0.3, -0.25) is 24.6 Å². The Morgan fingerprint density at radius 2 is 1.63 bits per heavy atom. The van der Waals surface area contributed by atoms with Gasteiger partial charge in [0, 0.05) is 13.1 Å². The minimum Gasteiger partial charge on any atom is -0.425 e. The van der Waals surface area contributed by atoms with Crippen LogP contribution in [-0.2, 0) is 19.2 Å². The zero-order valence-electron chi connectivity index (χ0n) is 24.3. The number of hydrogen-bond donors (Lipinski definition) is 9. The third-order valence-corrected chi connectivity index (χ3v) is 7.75. The number of rotatable bonds is 17. The molecule has 6 unspecified atom stereocenters. The van der Waals surface area contributed by atoms with Crippen LogP contribution in [0.5, 0.6) is 0 Å². The summed E-state index contributed by atoms with van der Waals surface area (Å²) in [5.74, 6) is -5.18. The summed E-state index contributed by atoms with van der Waals surface area (Å²) in [6.45, 7) is 4.24. The SMILES string of the molecule is CC(=O)C1(C(=O)C(N)CCCCN)C(F)CCN(C(=O)C(N)CCCNC(=N)N)C1(B(O)O)C(=O)C(N)CC(C)C. The normalized spacial score (nSPS) is 24.9. The molecule has 0 radical (unpaired) electrons. The molecule has 14 nitrogen and oxygen atoms in total. The highest BCUT2D eigenvalue weighted by Gasteiger charge is 2.78. The number of alkyl halides is 1. The Bertz CT molecular complexity index is 959. The zero-order chi connectivity index (χ0) is 31.7. The molecule has 6 atom stereocenters. The van der Waals surface area contributed by atoms with Crippen molar-refractivity contribution in [2.24, 2.45) is 40.0 Å². The quantitative estimate of drug-likeness (QED) is 0.0280. The van der Waals surface area contributed by atoms with E-state index in [1.165, 1.54) is 0 Å². The molecule has 1 saturated heterocycles. The molecule has 0 aromatic carbocycles. The van der Waals surface area contributed by atoms with Crippen molar-refractivity contribution >= 4 is 36.3 Å². The van der Waals surface area contributed by atoms with Crippen molar-refractivity contribution in [1.29, 1.82) is 5.41 Å². The van der Waals surface area contributed by atoms with Crippen molar-refractivity contribution < 1.29 is 33.6 Å². The highest BCUT2D eigenvalue weighted by Crippen LogP contribution is 2.50. The van der Waals surface area contributed by atoms with E-state index in [9.17, 15) is 29.2 Å². The fraction of sp³-hybridized carbons (Fsp3) is 0.800. The number of carbonyl (C=O) groups is 4. The lowest BCUT2D eigenvalue weighted by molar-refractivity contribution is -0.176. The van der Waals surface area contributed by atoms with Gasteiger partial charge in [0.15, 0.2) is 23.0 Å². The number of hydrogen-bond acceptors (Lipinski definition) is 11. The highest BCUT2D eigenvalue weighted by molar-refractivity contribution is 6.56. The summed E-state index contributed by atoms with van der Waals surface area (Å²) in [5.41, 5.74) is 23.1. The first-order valence-corrected chi connectivity index (χ1v) is 14.0. The van der Waals surface area contributed by atoms with Crippen LogP contribution in [0.15, 0.2) is 0 Å². The van der Waals surface area contributed by atoms with Crippen LogP contribution in [0.3, 0.4) is 0 Å². The van der Waals surface area contributed by atoms with Gasteiger partial charge in [0.05, 0.1) is 18.1 Å². The molecule has 0 spiro atoms. The van der Waals surface area contributed by atoms with E-state index >= 15 is 4.39 Å². The van der Waals surface area contributed by atoms with Gasteiger partial charge in [-0.05, 0) is 57.9 Å². The molecule has 1 rings (SSSR count). The Labute approximate surface area is 240 Å². The van der Waals surface area contributed by atoms with E-state index in [4.69, 9.17) is 34.1 Å². The Balaban J connectivity index is 3.90. The maximum Gasteiger partial charge on any atom is 0.488 e. The second-order valence-corrected chi connectivity index (χ2v) is 11.2. The number of Topliss-reactive ketones (excluding diaryl/α,β-unsaturated/α-hetero) is 3. The zero-order valence-corrected chi connectivity index (χ0v) is 24.3. The molecule has 16 heteroatoms. The fourth-order valence-corrected chi connectivity index (χ4v) is 5.87. The van der Waals surface area contributed by atoms with Crippen LogP contribution in [0.1, 0.15) is 65.7 Å².